The fraction of sp³-hybridized carbons (Fsp3) is 0.588. The first-order valence-corrected chi connectivity index (χ1v) is 7.56. The fourth-order valence-corrected chi connectivity index (χ4v) is 2.86. The van der Waals surface area contributed by atoms with Gasteiger partial charge in [0.25, 0.3) is 0 Å². The molecule has 0 aromatic heterocycles. The highest BCUT2D eigenvalue weighted by atomic mass is 16.5. The van der Waals surface area contributed by atoms with Crippen LogP contribution in [0, 0.1) is 5.92 Å². The number of aldehydes is 1. The molecule has 1 aliphatic carbocycles. The molecule has 19 heavy (non-hydrogen) atoms. The monoisotopic (exact) mass is 260 g/mol. The van der Waals surface area contributed by atoms with Crippen LogP contribution in [0.4, 0.5) is 0 Å². The van der Waals surface area contributed by atoms with E-state index in [1.165, 1.54) is 44.9 Å². The van der Waals surface area contributed by atoms with Gasteiger partial charge in [-0.3, -0.25) is 4.79 Å². The molecule has 0 atom stereocenters. The predicted octanol–water partition coefficient (Wildman–Crippen LogP) is 4.63. The maximum Gasteiger partial charge on any atom is 0.150 e. The van der Waals surface area contributed by atoms with Crippen molar-refractivity contribution < 1.29 is 9.53 Å². The minimum atomic E-state index is 0.700. The molecule has 104 valence electrons. The van der Waals surface area contributed by atoms with E-state index in [0.29, 0.717) is 5.56 Å². The molecule has 1 saturated carbocycles. The van der Waals surface area contributed by atoms with Gasteiger partial charge in [-0.05, 0) is 43.0 Å². The molecule has 0 radical (unpaired) electrons. The molecule has 0 bridgehead atoms. The third-order valence-corrected chi connectivity index (χ3v) is 4.02. The number of carbonyl (C=O) groups excluding carboxylic acids is 1. The van der Waals surface area contributed by atoms with Crippen molar-refractivity contribution in [1.82, 2.24) is 0 Å². The third-order valence-electron chi connectivity index (χ3n) is 4.02. The van der Waals surface area contributed by atoms with Crippen molar-refractivity contribution in [3.05, 3.63) is 29.8 Å². The van der Waals surface area contributed by atoms with Crippen LogP contribution >= 0.6 is 0 Å². The number of hydrogen-bond acceptors (Lipinski definition) is 2. The molecular weight excluding hydrogens is 236 g/mol. The Labute approximate surface area is 116 Å². The quantitative estimate of drug-likeness (QED) is 0.423. The fourth-order valence-electron chi connectivity index (χ4n) is 2.86. The van der Waals surface area contributed by atoms with E-state index in [2.05, 4.69) is 0 Å². The average Bonchev–Trinajstić information content (AvgIpc) is 2.73. The molecule has 2 nitrogen and oxygen atoms in total. The van der Waals surface area contributed by atoms with Crippen molar-refractivity contribution in [1.29, 1.82) is 0 Å². The largest absolute Gasteiger partial charge is 0.494 e. The van der Waals surface area contributed by atoms with Crippen LogP contribution in [0.25, 0.3) is 0 Å². The number of ether oxygens (including phenoxy) is 1. The van der Waals surface area contributed by atoms with Gasteiger partial charge in [0.1, 0.15) is 12.0 Å². The Morgan fingerprint density at radius 1 is 1.05 bits per heavy atom. The van der Waals surface area contributed by atoms with Gasteiger partial charge in [-0.1, -0.05) is 38.5 Å². The molecule has 0 heterocycles. The van der Waals surface area contributed by atoms with Crippen molar-refractivity contribution in [3.63, 3.8) is 0 Å². The molecule has 2 rings (SSSR count). The zero-order valence-corrected chi connectivity index (χ0v) is 11.6. The number of hydrogen-bond donors (Lipinski definition) is 0. The van der Waals surface area contributed by atoms with Gasteiger partial charge in [0.05, 0.1) is 6.61 Å². The van der Waals surface area contributed by atoms with E-state index in [4.69, 9.17) is 4.74 Å². The third kappa shape index (κ3) is 5.06. The van der Waals surface area contributed by atoms with Crippen molar-refractivity contribution in [2.45, 2.75) is 51.4 Å². The van der Waals surface area contributed by atoms with Crippen molar-refractivity contribution in [2.24, 2.45) is 5.92 Å². The van der Waals surface area contributed by atoms with Crippen molar-refractivity contribution in [3.8, 4) is 5.75 Å². The number of carbonyl (C=O) groups is 1. The van der Waals surface area contributed by atoms with Gasteiger partial charge in [0.15, 0.2) is 0 Å². The molecule has 0 saturated heterocycles. The Hall–Kier alpha value is -1.31. The summed E-state index contributed by atoms with van der Waals surface area (Å²) >= 11 is 0. The average molecular weight is 260 g/mol. The van der Waals surface area contributed by atoms with Gasteiger partial charge in [0.2, 0.25) is 0 Å². The van der Waals surface area contributed by atoms with Crippen LogP contribution in [-0.2, 0) is 0 Å². The lowest BCUT2D eigenvalue weighted by molar-refractivity contribution is 0.112. The van der Waals surface area contributed by atoms with E-state index in [0.717, 1.165) is 31.0 Å². The van der Waals surface area contributed by atoms with Crippen LogP contribution < -0.4 is 4.74 Å². The van der Waals surface area contributed by atoms with Gasteiger partial charge < -0.3 is 4.74 Å². The highest BCUT2D eigenvalue weighted by molar-refractivity contribution is 5.74. The summed E-state index contributed by atoms with van der Waals surface area (Å²) in [6.45, 7) is 0.789. The van der Waals surface area contributed by atoms with Crippen LogP contribution in [0.3, 0.4) is 0 Å². The number of benzene rings is 1. The zero-order valence-electron chi connectivity index (χ0n) is 11.6. The molecule has 0 amide bonds. The summed E-state index contributed by atoms with van der Waals surface area (Å²) < 4.78 is 5.71. The van der Waals surface area contributed by atoms with E-state index < -0.39 is 0 Å². The molecule has 0 aliphatic heterocycles. The first-order valence-electron chi connectivity index (χ1n) is 7.56. The summed E-state index contributed by atoms with van der Waals surface area (Å²) in [5.41, 5.74) is 0.700. The minimum absolute atomic E-state index is 0.700. The molecule has 0 N–H and O–H groups in total. The van der Waals surface area contributed by atoms with Crippen LogP contribution in [0.1, 0.15) is 61.7 Å². The van der Waals surface area contributed by atoms with Gasteiger partial charge in [-0.15, -0.1) is 0 Å². The second kappa shape index (κ2) is 7.98. The molecule has 1 aromatic rings. The minimum Gasteiger partial charge on any atom is -0.494 e. The molecule has 0 spiro atoms. The maximum atomic E-state index is 10.5. The lowest BCUT2D eigenvalue weighted by atomic mass is 9.95. The molecule has 2 heteroatoms. The summed E-state index contributed by atoms with van der Waals surface area (Å²) in [5, 5.41) is 0. The lowest BCUT2D eigenvalue weighted by Gasteiger charge is -2.13. The first kappa shape index (κ1) is 14.1. The van der Waals surface area contributed by atoms with Crippen LogP contribution in [0.2, 0.25) is 0 Å². The predicted molar refractivity (Wildman–Crippen MR) is 77.8 cm³/mol. The Bertz CT molecular complexity index is 361. The highest BCUT2D eigenvalue weighted by Gasteiger charge is 2.11. The van der Waals surface area contributed by atoms with E-state index in [1.54, 1.807) is 12.1 Å². The smallest absolute Gasteiger partial charge is 0.150 e. The molecular formula is C17H24O2. The standard InChI is InChI=1S/C17H24O2/c18-14-16-9-11-17(12-10-16)19-13-5-8-15-6-3-1-2-4-7-15/h9-12,14-15H,1-8,13H2. The Morgan fingerprint density at radius 3 is 2.37 bits per heavy atom. The lowest BCUT2D eigenvalue weighted by Crippen LogP contribution is -2.03. The van der Waals surface area contributed by atoms with Crippen molar-refractivity contribution in [2.75, 3.05) is 6.61 Å². The van der Waals surface area contributed by atoms with Crippen LogP contribution in [-0.4, -0.2) is 12.9 Å². The second-order valence-corrected chi connectivity index (χ2v) is 5.54. The molecule has 1 aliphatic rings. The highest BCUT2D eigenvalue weighted by Crippen LogP contribution is 2.26. The van der Waals surface area contributed by atoms with Gasteiger partial charge in [-0.2, -0.15) is 0 Å². The normalized spacial score (nSPS) is 16.8. The van der Waals surface area contributed by atoms with Gasteiger partial charge in [0, 0.05) is 5.56 Å². The van der Waals surface area contributed by atoms with Gasteiger partial charge >= 0.3 is 0 Å². The van der Waals surface area contributed by atoms with Gasteiger partial charge in [-0.25, -0.2) is 0 Å². The summed E-state index contributed by atoms with van der Waals surface area (Å²) in [6.07, 6.45) is 11.8. The number of rotatable bonds is 6. The first-order chi connectivity index (χ1) is 9.38. The zero-order chi connectivity index (χ0) is 13.3. The molecule has 1 aromatic carbocycles. The van der Waals surface area contributed by atoms with Crippen LogP contribution in [0.15, 0.2) is 24.3 Å². The van der Waals surface area contributed by atoms with E-state index in [9.17, 15) is 4.79 Å². The SMILES string of the molecule is O=Cc1ccc(OCCCC2CCCCCC2)cc1. The molecule has 1 fully saturated rings. The Balaban J connectivity index is 1.63. The van der Waals surface area contributed by atoms with E-state index in [-0.39, 0.29) is 0 Å². The van der Waals surface area contributed by atoms with Crippen LogP contribution in [0.5, 0.6) is 5.75 Å². The summed E-state index contributed by atoms with van der Waals surface area (Å²) in [7, 11) is 0. The maximum absolute atomic E-state index is 10.5. The summed E-state index contributed by atoms with van der Waals surface area (Å²) in [5.74, 6) is 1.79. The summed E-state index contributed by atoms with van der Waals surface area (Å²) in [4.78, 5) is 10.5. The van der Waals surface area contributed by atoms with E-state index in [1.807, 2.05) is 12.1 Å². The topological polar surface area (TPSA) is 26.3 Å². The van der Waals surface area contributed by atoms with Crippen molar-refractivity contribution >= 4 is 6.29 Å². The Kier molecular flexibility index (Phi) is 5.93. The second-order valence-electron chi connectivity index (χ2n) is 5.54. The van der Waals surface area contributed by atoms with E-state index >= 15 is 0 Å². The summed E-state index contributed by atoms with van der Waals surface area (Å²) in [6, 6.07) is 7.34. The Morgan fingerprint density at radius 2 is 1.74 bits per heavy atom. The molecule has 0 unspecified atom stereocenters.